The Morgan fingerprint density at radius 3 is 2.97 bits per heavy atom. The molecule has 1 N–H and O–H groups in total. The van der Waals surface area contributed by atoms with E-state index in [1.165, 1.54) is 23.3 Å². The minimum absolute atomic E-state index is 0.0849. The van der Waals surface area contributed by atoms with E-state index in [-0.39, 0.29) is 24.2 Å². The predicted molar refractivity (Wildman–Crippen MR) is 115 cm³/mol. The summed E-state index contributed by atoms with van der Waals surface area (Å²) in [5.74, 6) is 0.791. The Morgan fingerprint density at radius 2 is 2.10 bits per heavy atom. The number of amides is 2. The largest absolute Gasteiger partial charge is 0.497 e. The zero-order valence-corrected chi connectivity index (χ0v) is 17.4. The van der Waals surface area contributed by atoms with Gasteiger partial charge in [-0.05, 0) is 53.9 Å². The van der Waals surface area contributed by atoms with Gasteiger partial charge in [0.1, 0.15) is 17.5 Å². The van der Waals surface area contributed by atoms with Crippen LogP contribution in [0, 0.1) is 5.92 Å². The van der Waals surface area contributed by atoms with Crippen LogP contribution in [-0.4, -0.2) is 29.8 Å². The van der Waals surface area contributed by atoms with Crippen molar-refractivity contribution in [2.24, 2.45) is 15.9 Å². The van der Waals surface area contributed by atoms with E-state index in [0.29, 0.717) is 18.8 Å². The Kier molecular flexibility index (Phi) is 6.13. The number of hydrogen-bond donors (Lipinski definition) is 1. The molecular formula is C22H25N3O3S. The van der Waals surface area contributed by atoms with Gasteiger partial charge in [-0.15, -0.1) is 0 Å². The molecule has 0 bridgehead atoms. The van der Waals surface area contributed by atoms with Gasteiger partial charge in [0.25, 0.3) is 5.91 Å². The van der Waals surface area contributed by atoms with Crippen LogP contribution in [-0.2, 0) is 16.1 Å². The van der Waals surface area contributed by atoms with Gasteiger partial charge >= 0.3 is 0 Å². The van der Waals surface area contributed by atoms with Crippen molar-refractivity contribution in [1.29, 1.82) is 0 Å². The Hall–Kier alpha value is -2.41. The fourth-order valence-corrected chi connectivity index (χ4v) is 5.29. The van der Waals surface area contributed by atoms with Gasteiger partial charge in [-0.25, -0.2) is 4.99 Å². The summed E-state index contributed by atoms with van der Waals surface area (Å²) in [6.07, 6.45) is 6.20. The number of nitrogens with one attached hydrogen (secondary N) is 1. The van der Waals surface area contributed by atoms with Crippen LogP contribution in [0.4, 0.5) is 0 Å². The molecule has 1 aliphatic carbocycles. The first kappa shape index (κ1) is 19.9. The van der Waals surface area contributed by atoms with Crippen LogP contribution in [0.5, 0.6) is 5.75 Å². The first-order valence-electron chi connectivity index (χ1n) is 10.1. The van der Waals surface area contributed by atoms with Crippen LogP contribution >= 0.6 is 11.8 Å². The number of amidine groups is 1. The van der Waals surface area contributed by atoms with Gasteiger partial charge in [0.05, 0.1) is 12.2 Å². The third kappa shape index (κ3) is 4.61. The van der Waals surface area contributed by atoms with Crippen molar-refractivity contribution >= 4 is 34.5 Å². The number of fused-ring (bicyclic) bond motifs is 2. The normalized spacial score (nSPS) is 21.0. The summed E-state index contributed by atoms with van der Waals surface area (Å²) < 4.78 is 5.19. The lowest BCUT2D eigenvalue weighted by atomic mass is 9.94. The molecule has 7 heteroatoms. The fourth-order valence-electron chi connectivity index (χ4n) is 3.93. The molecule has 1 aromatic rings. The minimum atomic E-state index is -0.251. The van der Waals surface area contributed by atoms with Crippen LogP contribution < -0.4 is 10.1 Å². The zero-order valence-electron chi connectivity index (χ0n) is 16.6. The van der Waals surface area contributed by atoms with Gasteiger partial charge in [-0.1, -0.05) is 30.3 Å². The summed E-state index contributed by atoms with van der Waals surface area (Å²) in [6, 6.07) is 7.59. The second-order valence-electron chi connectivity index (χ2n) is 7.49. The van der Waals surface area contributed by atoms with Crippen molar-refractivity contribution < 1.29 is 14.3 Å². The third-order valence-corrected chi connectivity index (χ3v) is 6.71. The molecule has 0 spiro atoms. The summed E-state index contributed by atoms with van der Waals surface area (Å²) in [5.41, 5.74) is 2.22. The van der Waals surface area contributed by atoms with E-state index in [4.69, 9.17) is 4.74 Å². The van der Waals surface area contributed by atoms with Crippen molar-refractivity contribution in [1.82, 2.24) is 5.32 Å². The number of methoxy groups -OCH3 is 1. The number of allylic oxidation sites excluding steroid dienone is 1. The third-order valence-electron chi connectivity index (χ3n) is 5.46. The molecule has 0 radical (unpaired) electrons. The molecule has 3 aliphatic rings. The average molecular weight is 412 g/mol. The van der Waals surface area contributed by atoms with E-state index in [1.54, 1.807) is 18.9 Å². The molecule has 6 nitrogen and oxygen atoms in total. The van der Waals surface area contributed by atoms with E-state index < -0.39 is 0 Å². The smallest absolute Gasteiger partial charge is 0.261 e. The first-order valence-corrected chi connectivity index (χ1v) is 10.9. The van der Waals surface area contributed by atoms with Gasteiger partial charge < -0.3 is 10.1 Å². The summed E-state index contributed by atoms with van der Waals surface area (Å²) >= 11 is 1.66. The lowest BCUT2D eigenvalue weighted by Gasteiger charge is -2.16. The number of ether oxygens (including phenoxy) is 1. The van der Waals surface area contributed by atoms with Crippen molar-refractivity contribution in [3.8, 4) is 5.75 Å². The summed E-state index contributed by atoms with van der Waals surface area (Å²) in [7, 11) is 1.62. The van der Waals surface area contributed by atoms with E-state index in [1.807, 2.05) is 24.3 Å². The monoisotopic (exact) mass is 411 g/mol. The number of hydrogen-bond acceptors (Lipinski definition) is 5. The summed E-state index contributed by atoms with van der Waals surface area (Å²) in [5, 5.41) is 3.76. The summed E-state index contributed by atoms with van der Waals surface area (Å²) in [6.45, 7) is 0.435. The van der Waals surface area contributed by atoms with Crippen molar-refractivity contribution in [2.75, 3.05) is 7.11 Å². The molecule has 2 heterocycles. The number of benzene rings is 1. The molecule has 0 saturated heterocycles. The average Bonchev–Trinajstić information content (AvgIpc) is 2.92. The predicted octanol–water partition coefficient (Wildman–Crippen LogP) is 4.01. The highest BCUT2D eigenvalue weighted by Gasteiger charge is 2.39. The van der Waals surface area contributed by atoms with Gasteiger partial charge in [-0.3, -0.25) is 9.59 Å². The Morgan fingerprint density at radius 1 is 1.24 bits per heavy atom. The van der Waals surface area contributed by atoms with Crippen molar-refractivity contribution in [2.45, 2.75) is 51.5 Å². The lowest BCUT2D eigenvalue weighted by Crippen LogP contribution is -2.27. The maximum atomic E-state index is 12.6. The molecular weight excluding hydrogens is 386 g/mol. The molecule has 29 heavy (non-hydrogen) atoms. The van der Waals surface area contributed by atoms with E-state index in [0.717, 1.165) is 35.6 Å². The Bertz CT molecular complexity index is 920. The van der Waals surface area contributed by atoms with Crippen molar-refractivity contribution in [3.63, 3.8) is 0 Å². The molecule has 152 valence electrons. The summed E-state index contributed by atoms with van der Waals surface area (Å²) in [4.78, 5) is 35.0. The number of nitrogens with zero attached hydrogens (tertiary/aromatic N) is 2. The molecule has 4 rings (SSSR count). The number of aliphatic imine (C=N–C) groups is 2. The SMILES string of the molecule is COc1cccc(CNC(=O)CCC2=NC(=O)C3C(=N2)SC2=C3CCCCC2)c1. The van der Waals surface area contributed by atoms with E-state index >= 15 is 0 Å². The van der Waals surface area contributed by atoms with Crippen LogP contribution in [0.25, 0.3) is 0 Å². The van der Waals surface area contributed by atoms with Gasteiger partial charge in [0.15, 0.2) is 0 Å². The maximum Gasteiger partial charge on any atom is 0.261 e. The molecule has 1 aromatic carbocycles. The molecule has 2 aliphatic heterocycles. The van der Waals surface area contributed by atoms with Crippen molar-refractivity contribution in [3.05, 3.63) is 40.3 Å². The van der Waals surface area contributed by atoms with Crippen LogP contribution in [0.1, 0.15) is 50.5 Å². The van der Waals surface area contributed by atoms with Crippen LogP contribution in [0.2, 0.25) is 0 Å². The highest BCUT2D eigenvalue weighted by atomic mass is 32.2. The minimum Gasteiger partial charge on any atom is -0.497 e. The topological polar surface area (TPSA) is 80.1 Å². The Labute approximate surface area is 174 Å². The van der Waals surface area contributed by atoms with Gasteiger partial charge in [0, 0.05) is 19.4 Å². The molecule has 2 amide bonds. The van der Waals surface area contributed by atoms with Gasteiger partial charge in [0.2, 0.25) is 5.91 Å². The Balaban J connectivity index is 1.31. The molecule has 1 atom stereocenters. The second-order valence-corrected chi connectivity index (χ2v) is 8.60. The molecule has 1 unspecified atom stereocenters. The highest BCUT2D eigenvalue weighted by Crippen LogP contribution is 2.46. The highest BCUT2D eigenvalue weighted by molar-refractivity contribution is 8.17. The molecule has 0 aromatic heterocycles. The van der Waals surface area contributed by atoms with Crippen LogP contribution in [0.3, 0.4) is 0 Å². The quantitative estimate of drug-likeness (QED) is 0.767. The number of carbonyl (C=O) groups excluding carboxylic acids is 2. The molecule has 0 fully saturated rings. The van der Waals surface area contributed by atoms with Crippen LogP contribution in [0.15, 0.2) is 44.7 Å². The zero-order chi connectivity index (χ0) is 20.2. The van der Waals surface area contributed by atoms with Gasteiger partial charge in [-0.2, -0.15) is 4.99 Å². The first-order chi connectivity index (χ1) is 14.1. The molecule has 0 saturated carbocycles. The number of rotatable bonds is 6. The lowest BCUT2D eigenvalue weighted by molar-refractivity contribution is -0.121. The van der Waals surface area contributed by atoms with E-state index in [2.05, 4.69) is 15.3 Å². The second kappa shape index (κ2) is 8.95. The van der Waals surface area contributed by atoms with E-state index in [9.17, 15) is 9.59 Å². The maximum absolute atomic E-state index is 12.6. The number of carbonyl (C=O) groups is 2. The standard InChI is InChI=1S/C22H25N3O3S/c1-28-15-7-5-6-14(12-15)13-23-19(26)11-10-18-24-21(27)20-16-8-3-2-4-9-17(16)29-22(20)25-18/h5-7,12,20H,2-4,8-11,13H2,1H3,(H,23,26). The number of thioether (sulfide) groups is 1. The fraction of sp³-hybridized carbons (Fsp3) is 0.455.